The first-order valence-corrected chi connectivity index (χ1v) is 9.04. The molecule has 10 heteroatoms. The number of amides is 1. The quantitative estimate of drug-likeness (QED) is 0.596. The Morgan fingerprint density at radius 3 is 2.68 bits per heavy atom. The summed E-state index contributed by atoms with van der Waals surface area (Å²) in [7, 11) is 0. The predicted octanol–water partition coefficient (Wildman–Crippen LogP) is 5.35. The van der Waals surface area contributed by atoms with Crippen LogP contribution in [0, 0.1) is 6.92 Å². The summed E-state index contributed by atoms with van der Waals surface area (Å²) in [4.78, 5) is 12.4. The number of anilines is 1. The maximum atomic E-state index is 12.9. The van der Waals surface area contributed by atoms with Crippen LogP contribution in [0.1, 0.15) is 27.3 Å². The number of benzene rings is 2. The molecule has 0 spiro atoms. The standard InChI is InChI=1S/C18H13ClF3N3O2S/c1-10-16(25-28-24-10)9-27-13-4-2-3-11(7-13)17(26)23-15-8-12(18(20,21)22)5-6-14(15)19/h2-8H,9H2,1H3,(H,23,26). The highest BCUT2D eigenvalue weighted by Gasteiger charge is 2.31. The van der Waals surface area contributed by atoms with E-state index in [1.807, 2.05) is 6.92 Å². The van der Waals surface area contributed by atoms with Gasteiger partial charge in [-0.1, -0.05) is 17.7 Å². The number of nitrogens with one attached hydrogen (secondary N) is 1. The molecule has 0 saturated carbocycles. The number of hydrogen-bond acceptors (Lipinski definition) is 5. The first kappa shape index (κ1) is 20.1. The van der Waals surface area contributed by atoms with Gasteiger partial charge in [-0.05, 0) is 43.3 Å². The summed E-state index contributed by atoms with van der Waals surface area (Å²) < 4.78 is 52.3. The lowest BCUT2D eigenvalue weighted by atomic mass is 10.1. The van der Waals surface area contributed by atoms with Crippen molar-refractivity contribution in [2.24, 2.45) is 0 Å². The molecule has 0 bridgehead atoms. The summed E-state index contributed by atoms with van der Waals surface area (Å²) in [5.74, 6) is -0.201. The molecule has 2 aromatic carbocycles. The van der Waals surface area contributed by atoms with E-state index in [9.17, 15) is 18.0 Å². The maximum Gasteiger partial charge on any atom is 0.416 e. The fraction of sp³-hybridized carbons (Fsp3) is 0.167. The highest BCUT2D eigenvalue weighted by molar-refractivity contribution is 6.99. The van der Waals surface area contributed by atoms with Gasteiger partial charge in [0, 0.05) is 5.56 Å². The van der Waals surface area contributed by atoms with Crippen LogP contribution in [0.3, 0.4) is 0 Å². The molecule has 3 aromatic rings. The van der Waals surface area contributed by atoms with E-state index in [2.05, 4.69) is 14.1 Å². The second-order valence-corrected chi connectivity index (χ2v) is 6.69. The molecular weight excluding hydrogens is 415 g/mol. The fourth-order valence-electron chi connectivity index (χ4n) is 2.25. The van der Waals surface area contributed by atoms with E-state index in [1.165, 1.54) is 12.1 Å². The Morgan fingerprint density at radius 1 is 1.21 bits per heavy atom. The van der Waals surface area contributed by atoms with E-state index in [1.54, 1.807) is 12.1 Å². The van der Waals surface area contributed by atoms with Crippen LogP contribution in [0.25, 0.3) is 0 Å². The smallest absolute Gasteiger partial charge is 0.416 e. The topological polar surface area (TPSA) is 64.1 Å². The van der Waals surface area contributed by atoms with Crippen molar-refractivity contribution in [2.75, 3.05) is 5.32 Å². The normalized spacial score (nSPS) is 11.3. The third-order valence-electron chi connectivity index (χ3n) is 3.76. The van der Waals surface area contributed by atoms with Crippen LogP contribution < -0.4 is 10.1 Å². The number of nitrogens with zero attached hydrogens (tertiary/aromatic N) is 2. The average molecular weight is 428 g/mol. The first-order valence-electron chi connectivity index (χ1n) is 7.93. The van der Waals surface area contributed by atoms with Crippen LogP contribution >= 0.6 is 23.3 Å². The van der Waals surface area contributed by atoms with E-state index in [-0.39, 0.29) is 22.9 Å². The molecule has 1 aromatic heterocycles. The van der Waals surface area contributed by atoms with Crippen molar-refractivity contribution in [1.29, 1.82) is 0 Å². The van der Waals surface area contributed by atoms with Crippen LogP contribution in [-0.4, -0.2) is 14.7 Å². The molecule has 1 amide bonds. The molecule has 0 fully saturated rings. The predicted molar refractivity (Wildman–Crippen MR) is 99.8 cm³/mol. The zero-order chi connectivity index (χ0) is 20.3. The van der Waals surface area contributed by atoms with E-state index < -0.39 is 17.6 Å². The van der Waals surface area contributed by atoms with E-state index >= 15 is 0 Å². The van der Waals surface area contributed by atoms with E-state index in [0.29, 0.717) is 11.4 Å². The van der Waals surface area contributed by atoms with Gasteiger partial charge in [0.15, 0.2) is 0 Å². The number of carbonyl (C=O) groups excluding carboxylic acids is 1. The lowest BCUT2D eigenvalue weighted by Gasteiger charge is -2.12. The Hall–Kier alpha value is -2.65. The summed E-state index contributed by atoms with van der Waals surface area (Å²) >= 11 is 6.99. The molecule has 28 heavy (non-hydrogen) atoms. The van der Waals surface area contributed by atoms with Crippen LogP contribution in [-0.2, 0) is 12.8 Å². The van der Waals surface area contributed by atoms with Crippen molar-refractivity contribution in [3.63, 3.8) is 0 Å². The van der Waals surface area contributed by atoms with Crippen molar-refractivity contribution in [2.45, 2.75) is 19.7 Å². The Bertz CT molecular complexity index is 1010. The van der Waals surface area contributed by atoms with Crippen LogP contribution in [0.15, 0.2) is 42.5 Å². The van der Waals surface area contributed by atoms with E-state index in [0.717, 1.165) is 35.6 Å². The molecule has 0 saturated heterocycles. The van der Waals surface area contributed by atoms with Crippen molar-refractivity contribution < 1.29 is 22.7 Å². The van der Waals surface area contributed by atoms with Crippen molar-refractivity contribution in [1.82, 2.24) is 8.75 Å². The molecule has 146 valence electrons. The summed E-state index contributed by atoms with van der Waals surface area (Å²) in [5, 5.41) is 2.40. The van der Waals surface area contributed by atoms with Crippen LogP contribution in [0.4, 0.5) is 18.9 Å². The van der Waals surface area contributed by atoms with Gasteiger partial charge in [-0.2, -0.15) is 21.9 Å². The molecule has 0 aliphatic carbocycles. The molecule has 0 aliphatic rings. The average Bonchev–Trinajstić information content (AvgIpc) is 3.06. The van der Waals surface area contributed by atoms with Gasteiger partial charge in [-0.15, -0.1) is 0 Å². The first-order chi connectivity index (χ1) is 13.2. The highest BCUT2D eigenvalue weighted by atomic mass is 35.5. The Kier molecular flexibility index (Phi) is 5.85. The SMILES string of the molecule is Cc1nsnc1COc1cccc(C(=O)Nc2cc(C(F)(F)F)ccc2Cl)c1. The van der Waals surface area contributed by atoms with E-state index in [4.69, 9.17) is 16.3 Å². The molecule has 1 heterocycles. The molecule has 0 radical (unpaired) electrons. The Morgan fingerprint density at radius 2 is 2.00 bits per heavy atom. The van der Waals surface area contributed by atoms with Crippen molar-refractivity contribution >= 4 is 34.9 Å². The third kappa shape index (κ3) is 4.79. The number of hydrogen-bond donors (Lipinski definition) is 1. The van der Waals surface area contributed by atoms with Gasteiger partial charge in [0.2, 0.25) is 0 Å². The van der Waals surface area contributed by atoms with Gasteiger partial charge in [0.25, 0.3) is 5.91 Å². The van der Waals surface area contributed by atoms with Gasteiger partial charge >= 0.3 is 6.18 Å². The largest absolute Gasteiger partial charge is 0.487 e. The number of rotatable bonds is 5. The molecule has 1 N–H and O–H groups in total. The fourth-order valence-corrected chi connectivity index (χ4v) is 2.97. The van der Waals surface area contributed by atoms with Crippen molar-refractivity contribution in [3.8, 4) is 5.75 Å². The number of ether oxygens (including phenoxy) is 1. The zero-order valence-corrected chi connectivity index (χ0v) is 16.0. The number of carbonyl (C=O) groups is 1. The van der Waals surface area contributed by atoms with Gasteiger partial charge in [-0.25, -0.2) is 0 Å². The van der Waals surface area contributed by atoms with Gasteiger partial charge in [-0.3, -0.25) is 4.79 Å². The molecule has 3 rings (SSSR count). The Labute approximate surface area is 167 Å². The molecule has 5 nitrogen and oxygen atoms in total. The zero-order valence-electron chi connectivity index (χ0n) is 14.4. The molecule has 0 aliphatic heterocycles. The summed E-state index contributed by atoms with van der Waals surface area (Å²) in [6, 6.07) is 8.97. The minimum absolute atomic E-state index is 0.000243. The van der Waals surface area contributed by atoms with Crippen LogP contribution in [0.5, 0.6) is 5.75 Å². The molecule has 0 atom stereocenters. The lowest BCUT2D eigenvalue weighted by molar-refractivity contribution is -0.137. The Balaban J connectivity index is 1.74. The minimum Gasteiger partial charge on any atom is -0.487 e. The number of alkyl halides is 3. The minimum atomic E-state index is -4.54. The third-order valence-corrected chi connectivity index (χ3v) is 4.75. The molecular formula is C18H13ClF3N3O2S. The van der Waals surface area contributed by atoms with Gasteiger partial charge < -0.3 is 10.1 Å². The number of aryl methyl sites for hydroxylation is 1. The van der Waals surface area contributed by atoms with Crippen molar-refractivity contribution in [3.05, 3.63) is 70.0 Å². The summed E-state index contributed by atoms with van der Waals surface area (Å²) in [6.07, 6.45) is -4.54. The monoisotopic (exact) mass is 427 g/mol. The highest BCUT2D eigenvalue weighted by Crippen LogP contribution is 2.34. The van der Waals surface area contributed by atoms with Gasteiger partial charge in [0.1, 0.15) is 18.1 Å². The second kappa shape index (κ2) is 8.15. The summed E-state index contributed by atoms with van der Waals surface area (Å²) in [5.41, 5.74) is 0.626. The second-order valence-electron chi connectivity index (χ2n) is 5.76. The molecule has 0 unspecified atom stereocenters. The lowest BCUT2D eigenvalue weighted by Crippen LogP contribution is -2.14. The summed E-state index contributed by atoms with van der Waals surface area (Å²) in [6.45, 7) is 2.00. The van der Waals surface area contributed by atoms with Crippen LogP contribution in [0.2, 0.25) is 5.02 Å². The number of halogens is 4. The maximum absolute atomic E-state index is 12.9. The van der Waals surface area contributed by atoms with Gasteiger partial charge in [0.05, 0.1) is 33.7 Å². The number of aromatic nitrogens is 2.